The molecule has 4 nitrogen and oxygen atoms in total. The van der Waals surface area contributed by atoms with Crippen molar-refractivity contribution >= 4 is 34.8 Å². The molecule has 1 atom stereocenters. The summed E-state index contributed by atoms with van der Waals surface area (Å²) in [6.45, 7) is 12.3. The van der Waals surface area contributed by atoms with Gasteiger partial charge in [-0.25, -0.2) is 5.26 Å². The van der Waals surface area contributed by atoms with Crippen LogP contribution in [0.5, 0.6) is 0 Å². The highest BCUT2D eigenvalue weighted by atomic mass is 28.4. The van der Waals surface area contributed by atoms with Crippen LogP contribution >= 0.6 is 0 Å². The first kappa shape index (κ1) is 29.0. The van der Waals surface area contributed by atoms with E-state index < -0.39 is 22.5 Å². The first-order chi connectivity index (χ1) is 15.0. The summed E-state index contributed by atoms with van der Waals surface area (Å²) in [4.78, 5) is 9.89. The van der Waals surface area contributed by atoms with Crippen molar-refractivity contribution in [3.63, 3.8) is 0 Å². The van der Waals surface area contributed by atoms with Crippen LogP contribution in [-0.2, 0) is 9.22 Å². The van der Waals surface area contributed by atoms with E-state index in [0.717, 1.165) is 17.4 Å². The van der Waals surface area contributed by atoms with E-state index in [-0.39, 0.29) is 0 Å². The Morgan fingerprint density at radius 3 is 1.59 bits per heavy atom. The molecule has 0 saturated heterocycles. The van der Waals surface area contributed by atoms with Crippen LogP contribution in [0.4, 0.5) is 0 Å². The van der Waals surface area contributed by atoms with Crippen molar-refractivity contribution in [1.82, 2.24) is 0 Å². The molecule has 0 fully saturated rings. The van der Waals surface area contributed by atoms with E-state index in [1.54, 1.807) is 6.08 Å². The zero-order valence-electron chi connectivity index (χ0n) is 19.9. The average Bonchev–Trinajstić information content (AvgIpc) is 2.76. The van der Waals surface area contributed by atoms with E-state index in [4.69, 9.17) is 14.9 Å². The summed E-state index contributed by atoms with van der Waals surface area (Å²) in [6.07, 6.45) is 7.32. The number of nitrogens with zero attached hydrogens (tertiary/aromatic N) is 2. The molecule has 0 spiro atoms. The maximum absolute atomic E-state index is 9.89. The number of rotatable bonds is 6. The van der Waals surface area contributed by atoms with Crippen molar-refractivity contribution < 1.29 is 9.22 Å². The van der Waals surface area contributed by atoms with Gasteiger partial charge in [0.1, 0.15) is 6.29 Å². The number of carbonyl (C=O) groups is 1. The number of hydrogen-bond donors (Lipinski definition) is 0. The van der Waals surface area contributed by atoms with Crippen molar-refractivity contribution in [2.24, 2.45) is 0 Å². The minimum Gasteiger partial charge on any atom is -0.399 e. The largest absolute Gasteiger partial charge is 0.399 e. The van der Waals surface area contributed by atoms with Gasteiger partial charge in [0, 0.05) is 5.69 Å². The third-order valence-corrected chi connectivity index (χ3v) is 5.00. The Labute approximate surface area is 195 Å². The Bertz CT molecular complexity index is 915. The third kappa shape index (κ3) is 17.8. The van der Waals surface area contributed by atoms with Crippen molar-refractivity contribution in [1.29, 1.82) is 10.5 Å². The van der Waals surface area contributed by atoms with Crippen molar-refractivity contribution in [2.75, 3.05) is 0 Å². The topological polar surface area (TPSA) is 73.9 Å². The molecule has 0 N–H and O–H groups in total. The second-order valence-electron chi connectivity index (χ2n) is 8.82. The van der Waals surface area contributed by atoms with Gasteiger partial charge in [-0.1, -0.05) is 92.5 Å². The van der Waals surface area contributed by atoms with Crippen LogP contribution in [0.2, 0.25) is 39.3 Å². The Hall–Kier alpha value is -3.04. The highest BCUT2D eigenvalue weighted by Gasteiger charge is 2.18. The molecule has 6 heteroatoms. The highest BCUT2D eigenvalue weighted by Crippen LogP contribution is 2.10. The van der Waals surface area contributed by atoms with Gasteiger partial charge in [-0.05, 0) is 42.9 Å². The number of aldehydes is 1. The Morgan fingerprint density at radius 2 is 1.25 bits per heavy atom. The summed E-state index contributed by atoms with van der Waals surface area (Å²) in [5.74, 6) is 0. The molecule has 1 unspecified atom stereocenters. The summed E-state index contributed by atoms with van der Waals surface area (Å²) in [5.41, 5.74) is 4.38. The van der Waals surface area contributed by atoms with Gasteiger partial charge in [-0.15, -0.1) is 0 Å². The summed E-state index contributed by atoms with van der Waals surface area (Å²) >= 11 is 0. The van der Waals surface area contributed by atoms with Gasteiger partial charge in [0.2, 0.25) is 0 Å². The molecule has 0 saturated carbocycles. The van der Waals surface area contributed by atoms with E-state index in [2.05, 4.69) is 31.4 Å². The SMILES string of the molecule is C[Si](C)(C)C#N.C[Si](C)(C)OC(C#N)/C=C/c1ccccc1.O=C/C=C/c1ccccc1. The molecule has 168 valence electrons. The molecule has 0 aliphatic heterocycles. The highest BCUT2D eigenvalue weighted by molar-refractivity contribution is 6.83. The lowest BCUT2D eigenvalue weighted by atomic mass is 10.2. The van der Waals surface area contributed by atoms with Crippen LogP contribution in [0.15, 0.2) is 72.8 Å². The fourth-order valence-corrected chi connectivity index (χ4v) is 2.86. The van der Waals surface area contributed by atoms with Crippen molar-refractivity contribution in [3.8, 4) is 11.8 Å². The molecular weight excluding hydrogens is 428 g/mol. The molecular formula is C26H34N2O2Si2. The molecule has 0 aliphatic carbocycles. The predicted octanol–water partition coefficient (Wildman–Crippen LogP) is 6.73. The maximum Gasteiger partial charge on any atom is 0.185 e. The lowest BCUT2D eigenvalue weighted by molar-refractivity contribution is -0.104. The van der Waals surface area contributed by atoms with Crippen LogP contribution in [0.25, 0.3) is 12.2 Å². The van der Waals surface area contributed by atoms with Gasteiger partial charge in [0.05, 0.1) is 6.07 Å². The van der Waals surface area contributed by atoms with Gasteiger partial charge >= 0.3 is 0 Å². The Morgan fingerprint density at radius 1 is 0.812 bits per heavy atom. The number of benzene rings is 2. The van der Waals surface area contributed by atoms with Crippen LogP contribution < -0.4 is 0 Å². The lowest BCUT2D eigenvalue weighted by Crippen LogP contribution is -2.30. The van der Waals surface area contributed by atoms with E-state index in [0.29, 0.717) is 0 Å². The number of nitriles is 2. The normalized spacial score (nSPS) is 11.9. The maximum atomic E-state index is 9.89. The predicted molar refractivity (Wildman–Crippen MR) is 140 cm³/mol. The molecule has 0 bridgehead atoms. The molecule has 2 aromatic carbocycles. The van der Waals surface area contributed by atoms with E-state index in [1.807, 2.05) is 92.5 Å². The quantitative estimate of drug-likeness (QED) is 0.271. The monoisotopic (exact) mass is 462 g/mol. The molecule has 0 amide bonds. The van der Waals surface area contributed by atoms with Crippen molar-refractivity contribution in [2.45, 2.75) is 45.4 Å². The number of allylic oxidation sites excluding steroid dienone is 1. The van der Waals surface area contributed by atoms with Crippen molar-refractivity contribution in [3.05, 3.63) is 83.9 Å². The van der Waals surface area contributed by atoms with Crippen LogP contribution in [0.1, 0.15) is 11.1 Å². The molecule has 0 radical (unpaired) electrons. The van der Waals surface area contributed by atoms with Gasteiger partial charge in [0.15, 0.2) is 22.5 Å². The fraction of sp³-hybridized carbons (Fsp3) is 0.269. The minimum absolute atomic E-state index is 0.438. The second kappa shape index (κ2) is 15.7. The smallest absolute Gasteiger partial charge is 0.185 e. The molecule has 32 heavy (non-hydrogen) atoms. The molecule has 0 aliphatic rings. The summed E-state index contributed by atoms with van der Waals surface area (Å²) < 4.78 is 5.70. The zero-order chi connectivity index (χ0) is 24.5. The van der Waals surface area contributed by atoms with Gasteiger partial charge in [-0.2, -0.15) is 5.26 Å². The lowest BCUT2D eigenvalue weighted by Gasteiger charge is -2.19. The fourth-order valence-electron chi connectivity index (χ4n) is 1.97. The first-order valence-electron chi connectivity index (χ1n) is 10.4. The summed E-state index contributed by atoms with van der Waals surface area (Å²) in [6, 6.07) is 21.8. The second-order valence-corrected chi connectivity index (χ2v) is 18.0. The number of hydrogen-bond acceptors (Lipinski definition) is 4. The van der Waals surface area contributed by atoms with E-state index in [1.165, 1.54) is 6.08 Å². The minimum atomic E-state index is -1.65. The van der Waals surface area contributed by atoms with Crippen LogP contribution in [0, 0.1) is 22.3 Å². The standard InChI is InChI=1S/C13H17NOSi.C9H8O.C4H9NSi/c1-16(2,3)15-13(11-14)10-9-12-7-5-4-6-8-12;10-8-4-7-9-5-2-1-3-6-9;1-6(2,3)4-5/h4-10,13H,1-3H3;1-8H;1-3H3/b10-9+;7-4+;. The Kier molecular flexibility index (Phi) is 14.2. The third-order valence-electron chi connectivity index (χ3n) is 3.37. The summed E-state index contributed by atoms with van der Waals surface area (Å²) in [5, 5.41) is 17.2. The van der Waals surface area contributed by atoms with Gasteiger partial charge < -0.3 is 4.43 Å². The number of carbonyl (C=O) groups excluding carboxylic acids is 1. The van der Waals surface area contributed by atoms with E-state index in [9.17, 15) is 4.79 Å². The van der Waals surface area contributed by atoms with E-state index >= 15 is 0 Å². The molecule has 2 rings (SSSR count). The van der Waals surface area contributed by atoms with Crippen LogP contribution in [0.3, 0.4) is 0 Å². The average molecular weight is 463 g/mol. The van der Waals surface area contributed by atoms with Gasteiger partial charge in [0.25, 0.3) is 0 Å². The Balaban J connectivity index is 0.000000511. The van der Waals surface area contributed by atoms with Crippen LogP contribution in [-0.4, -0.2) is 28.8 Å². The molecule has 0 aromatic heterocycles. The first-order valence-corrected chi connectivity index (χ1v) is 17.3. The molecule has 2 aromatic rings. The molecule has 0 heterocycles. The van der Waals surface area contributed by atoms with Gasteiger partial charge in [-0.3, -0.25) is 4.79 Å². The summed E-state index contributed by atoms with van der Waals surface area (Å²) in [7, 11) is -2.98. The zero-order valence-corrected chi connectivity index (χ0v) is 21.9.